The highest BCUT2D eigenvalue weighted by Gasteiger charge is 2.16. The molecule has 8 heteroatoms. The molecule has 0 fully saturated rings. The highest BCUT2D eigenvalue weighted by Crippen LogP contribution is 2.17. The first-order chi connectivity index (χ1) is 10.0. The van der Waals surface area contributed by atoms with Gasteiger partial charge in [0.1, 0.15) is 5.82 Å². The Morgan fingerprint density at radius 3 is 2.95 bits per heavy atom. The van der Waals surface area contributed by atoms with Crippen molar-refractivity contribution in [2.75, 3.05) is 7.05 Å². The lowest BCUT2D eigenvalue weighted by Gasteiger charge is -2.14. The molecule has 0 radical (unpaired) electrons. The molecular formula is C13H14N6O2. The molecule has 1 N–H and O–H groups in total. The van der Waals surface area contributed by atoms with Gasteiger partial charge in [-0.05, 0) is 19.9 Å². The fraction of sp³-hybridized carbons (Fsp3) is 0.308. The Labute approximate surface area is 120 Å². The summed E-state index contributed by atoms with van der Waals surface area (Å²) in [5.74, 6) is 1.13. The molecule has 3 heterocycles. The quantitative estimate of drug-likeness (QED) is 0.777. The van der Waals surface area contributed by atoms with Crippen LogP contribution >= 0.6 is 0 Å². The standard InChI is InChI=1S/C13H14N6O2/c1-7-10-4-9(5-14-12(10)21-18-7)13(20)19(3)6-11-15-8(2)16-17-11/h4-5H,6H2,1-3H3,(H,15,16,17). The summed E-state index contributed by atoms with van der Waals surface area (Å²) >= 11 is 0. The highest BCUT2D eigenvalue weighted by atomic mass is 16.5. The predicted molar refractivity (Wildman–Crippen MR) is 73.5 cm³/mol. The lowest BCUT2D eigenvalue weighted by atomic mass is 10.2. The molecule has 3 aromatic heterocycles. The largest absolute Gasteiger partial charge is 0.336 e. The molecule has 0 aliphatic heterocycles. The number of hydrogen-bond donors (Lipinski definition) is 1. The average molecular weight is 286 g/mol. The van der Waals surface area contributed by atoms with E-state index in [0.29, 0.717) is 35.2 Å². The van der Waals surface area contributed by atoms with Crippen molar-refractivity contribution < 1.29 is 9.32 Å². The minimum atomic E-state index is -0.160. The van der Waals surface area contributed by atoms with Crippen LogP contribution in [0, 0.1) is 13.8 Å². The van der Waals surface area contributed by atoms with Crippen LogP contribution in [0.15, 0.2) is 16.8 Å². The Bertz CT molecular complexity index is 806. The molecule has 0 atom stereocenters. The molecule has 0 saturated heterocycles. The average Bonchev–Trinajstić information content (AvgIpc) is 3.04. The van der Waals surface area contributed by atoms with Crippen LogP contribution in [0.3, 0.4) is 0 Å². The number of H-pyrrole nitrogens is 1. The normalized spacial score (nSPS) is 11.0. The van der Waals surface area contributed by atoms with Gasteiger partial charge in [0.2, 0.25) is 0 Å². The molecule has 0 bridgehead atoms. The van der Waals surface area contributed by atoms with Crippen LogP contribution in [0.1, 0.15) is 27.7 Å². The zero-order valence-electron chi connectivity index (χ0n) is 11.9. The van der Waals surface area contributed by atoms with Crippen molar-refractivity contribution in [3.8, 4) is 0 Å². The first-order valence-corrected chi connectivity index (χ1v) is 6.40. The molecule has 3 rings (SSSR count). The summed E-state index contributed by atoms with van der Waals surface area (Å²) < 4.78 is 5.03. The lowest BCUT2D eigenvalue weighted by Crippen LogP contribution is -2.26. The Kier molecular flexibility index (Phi) is 3.13. The predicted octanol–water partition coefficient (Wildman–Crippen LogP) is 1.23. The molecule has 3 aromatic rings. The zero-order chi connectivity index (χ0) is 15.0. The van der Waals surface area contributed by atoms with Crippen molar-refractivity contribution in [2.24, 2.45) is 0 Å². The minimum Gasteiger partial charge on any atom is -0.336 e. The van der Waals surface area contributed by atoms with E-state index in [1.807, 2.05) is 13.8 Å². The molecule has 21 heavy (non-hydrogen) atoms. The number of hydrogen-bond acceptors (Lipinski definition) is 6. The Morgan fingerprint density at radius 1 is 1.43 bits per heavy atom. The first-order valence-electron chi connectivity index (χ1n) is 6.40. The molecule has 1 amide bonds. The van der Waals surface area contributed by atoms with Crippen LogP contribution in [0.4, 0.5) is 0 Å². The van der Waals surface area contributed by atoms with Gasteiger partial charge < -0.3 is 9.42 Å². The number of aromatic amines is 1. The van der Waals surface area contributed by atoms with Crippen LogP contribution in [-0.4, -0.2) is 43.2 Å². The van der Waals surface area contributed by atoms with E-state index in [2.05, 4.69) is 25.3 Å². The second-order valence-electron chi connectivity index (χ2n) is 4.84. The first kappa shape index (κ1) is 13.2. The van der Waals surface area contributed by atoms with Gasteiger partial charge >= 0.3 is 0 Å². The third kappa shape index (κ3) is 2.47. The summed E-state index contributed by atoms with van der Waals surface area (Å²) in [4.78, 5) is 22.2. The van der Waals surface area contributed by atoms with Gasteiger partial charge in [0.05, 0.1) is 23.2 Å². The topological polar surface area (TPSA) is 101 Å². The van der Waals surface area contributed by atoms with E-state index in [9.17, 15) is 4.79 Å². The number of pyridine rings is 1. The van der Waals surface area contributed by atoms with Crippen LogP contribution < -0.4 is 0 Å². The number of nitrogens with zero attached hydrogens (tertiary/aromatic N) is 5. The Morgan fingerprint density at radius 2 is 2.24 bits per heavy atom. The summed E-state index contributed by atoms with van der Waals surface area (Å²) in [6, 6.07) is 1.73. The number of fused-ring (bicyclic) bond motifs is 1. The van der Waals surface area contributed by atoms with E-state index in [-0.39, 0.29) is 5.91 Å². The third-order valence-electron chi connectivity index (χ3n) is 3.13. The van der Waals surface area contributed by atoms with Crippen molar-refractivity contribution in [3.05, 3.63) is 35.2 Å². The van der Waals surface area contributed by atoms with Crippen LogP contribution in [0.25, 0.3) is 11.1 Å². The molecule has 0 saturated carbocycles. The Balaban J connectivity index is 1.83. The number of carbonyl (C=O) groups is 1. The van der Waals surface area contributed by atoms with E-state index in [0.717, 1.165) is 5.39 Å². The third-order valence-corrected chi connectivity index (χ3v) is 3.13. The lowest BCUT2D eigenvalue weighted by molar-refractivity contribution is 0.0781. The molecule has 0 unspecified atom stereocenters. The second kappa shape index (κ2) is 4.97. The number of carbonyl (C=O) groups excluding carboxylic acids is 1. The highest BCUT2D eigenvalue weighted by molar-refractivity contribution is 5.96. The van der Waals surface area contributed by atoms with Gasteiger partial charge in [-0.15, -0.1) is 0 Å². The van der Waals surface area contributed by atoms with Gasteiger partial charge in [-0.2, -0.15) is 5.10 Å². The number of aryl methyl sites for hydroxylation is 2. The number of rotatable bonds is 3. The molecule has 0 aliphatic rings. The summed E-state index contributed by atoms with van der Waals surface area (Å²) in [5.41, 5.74) is 1.61. The number of aromatic nitrogens is 5. The fourth-order valence-electron chi connectivity index (χ4n) is 2.03. The minimum absolute atomic E-state index is 0.160. The van der Waals surface area contributed by atoms with Crippen LogP contribution in [0.5, 0.6) is 0 Å². The SMILES string of the molecule is Cc1nc(CN(C)C(=O)c2cnc3onc(C)c3c2)n[nH]1. The van der Waals surface area contributed by atoms with Gasteiger partial charge in [0.15, 0.2) is 5.82 Å². The maximum Gasteiger partial charge on any atom is 0.257 e. The molecular weight excluding hydrogens is 272 g/mol. The van der Waals surface area contributed by atoms with Crippen molar-refractivity contribution in [1.29, 1.82) is 0 Å². The van der Waals surface area contributed by atoms with E-state index < -0.39 is 0 Å². The molecule has 108 valence electrons. The maximum atomic E-state index is 12.4. The smallest absolute Gasteiger partial charge is 0.257 e. The zero-order valence-corrected chi connectivity index (χ0v) is 11.9. The summed E-state index contributed by atoms with van der Waals surface area (Å²) in [6.45, 7) is 3.94. The van der Waals surface area contributed by atoms with E-state index in [1.165, 1.54) is 11.1 Å². The van der Waals surface area contributed by atoms with Gasteiger partial charge in [0.25, 0.3) is 11.6 Å². The summed E-state index contributed by atoms with van der Waals surface area (Å²) in [6.07, 6.45) is 1.48. The number of amides is 1. The maximum absolute atomic E-state index is 12.4. The Hall–Kier alpha value is -2.77. The monoisotopic (exact) mass is 286 g/mol. The van der Waals surface area contributed by atoms with E-state index in [1.54, 1.807) is 13.1 Å². The van der Waals surface area contributed by atoms with E-state index >= 15 is 0 Å². The van der Waals surface area contributed by atoms with Gasteiger partial charge in [0, 0.05) is 13.2 Å². The van der Waals surface area contributed by atoms with Gasteiger partial charge in [-0.1, -0.05) is 5.16 Å². The number of nitrogens with one attached hydrogen (secondary N) is 1. The summed E-state index contributed by atoms with van der Waals surface area (Å²) in [7, 11) is 1.69. The fourth-order valence-corrected chi connectivity index (χ4v) is 2.03. The van der Waals surface area contributed by atoms with Crippen molar-refractivity contribution in [1.82, 2.24) is 30.2 Å². The van der Waals surface area contributed by atoms with Crippen molar-refractivity contribution >= 4 is 17.0 Å². The van der Waals surface area contributed by atoms with Gasteiger partial charge in [-0.25, -0.2) is 9.97 Å². The van der Waals surface area contributed by atoms with Crippen LogP contribution in [-0.2, 0) is 6.54 Å². The van der Waals surface area contributed by atoms with Gasteiger partial charge in [-0.3, -0.25) is 9.89 Å². The molecule has 0 aromatic carbocycles. The summed E-state index contributed by atoms with van der Waals surface area (Å²) in [5, 5.41) is 11.3. The molecule has 0 aliphatic carbocycles. The second-order valence-corrected chi connectivity index (χ2v) is 4.84. The molecule has 8 nitrogen and oxygen atoms in total. The van der Waals surface area contributed by atoms with Crippen LogP contribution in [0.2, 0.25) is 0 Å². The van der Waals surface area contributed by atoms with Crippen molar-refractivity contribution in [2.45, 2.75) is 20.4 Å². The molecule has 0 spiro atoms. The van der Waals surface area contributed by atoms with E-state index in [4.69, 9.17) is 4.52 Å². The van der Waals surface area contributed by atoms with Crippen molar-refractivity contribution in [3.63, 3.8) is 0 Å².